The van der Waals surface area contributed by atoms with Crippen LogP contribution in [0, 0.1) is 0 Å². The van der Waals surface area contributed by atoms with E-state index < -0.39 is 18.0 Å². The number of nitrogens with one attached hydrogen (secondary N) is 1. The monoisotopic (exact) mass is 540 g/mol. The van der Waals surface area contributed by atoms with Crippen LogP contribution < -0.4 is 14.9 Å². The molecule has 0 aliphatic heterocycles. The molecule has 182 valence electrons. The first-order valence-corrected chi connectivity index (χ1v) is 11.9. The number of ether oxygens (including phenoxy) is 2. The van der Waals surface area contributed by atoms with Crippen LogP contribution >= 0.6 is 34.8 Å². The van der Waals surface area contributed by atoms with E-state index in [1.165, 1.54) is 12.3 Å². The first kappa shape index (κ1) is 25.5. The molecule has 0 saturated heterocycles. The number of benzene rings is 4. The van der Waals surface area contributed by atoms with Crippen molar-refractivity contribution in [2.45, 2.75) is 13.0 Å². The average molecular weight is 542 g/mol. The number of esters is 1. The summed E-state index contributed by atoms with van der Waals surface area (Å²) in [4.78, 5) is 25.2. The topological polar surface area (TPSA) is 77.0 Å². The number of carbonyl (C=O) groups excluding carboxylic acids is 2. The molecule has 0 aliphatic carbocycles. The summed E-state index contributed by atoms with van der Waals surface area (Å²) in [7, 11) is 0. The maximum absolute atomic E-state index is 12.7. The fraction of sp³-hybridized carbons (Fsp3) is 0.0741. The van der Waals surface area contributed by atoms with Gasteiger partial charge in [-0.15, -0.1) is 0 Å². The Kier molecular flexibility index (Phi) is 8.10. The minimum atomic E-state index is -0.893. The van der Waals surface area contributed by atoms with Crippen LogP contribution in [0.3, 0.4) is 0 Å². The zero-order valence-corrected chi connectivity index (χ0v) is 21.1. The van der Waals surface area contributed by atoms with Gasteiger partial charge in [-0.1, -0.05) is 65.1 Å². The van der Waals surface area contributed by atoms with Crippen molar-refractivity contribution < 1.29 is 19.1 Å². The van der Waals surface area contributed by atoms with Crippen molar-refractivity contribution in [3.8, 4) is 11.5 Å². The van der Waals surface area contributed by atoms with E-state index in [0.717, 1.165) is 10.8 Å². The van der Waals surface area contributed by atoms with E-state index in [9.17, 15) is 9.59 Å². The van der Waals surface area contributed by atoms with E-state index in [1.54, 1.807) is 49.4 Å². The lowest BCUT2D eigenvalue weighted by Crippen LogP contribution is -2.33. The van der Waals surface area contributed by atoms with E-state index in [0.29, 0.717) is 26.9 Å². The van der Waals surface area contributed by atoms with Gasteiger partial charge in [0.25, 0.3) is 5.91 Å². The highest BCUT2D eigenvalue weighted by atomic mass is 35.5. The molecule has 1 unspecified atom stereocenters. The van der Waals surface area contributed by atoms with Crippen molar-refractivity contribution in [1.82, 2.24) is 5.43 Å². The van der Waals surface area contributed by atoms with Gasteiger partial charge in [0.05, 0.1) is 16.8 Å². The van der Waals surface area contributed by atoms with Crippen molar-refractivity contribution in [3.63, 3.8) is 0 Å². The fourth-order valence-electron chi connectivity index (χ4n) is 3.31. The summed E-state index contributed by atoms with van der Waals surface area (Å²) in [5.74, 6) is -0.457. The van der Waals surface area contributed by atoms with E-state index in [2.05, 4.69) is 10.5 Å². The van der Waals surface area contributed by atoms with Gasteiger partial charge in [0.2, 0.25) is 0 Å². The number of amides is 1. The van der Waals surface area contributed by atoms with Crippen molar-refractivity contribution in [3.05, 3.63) is 105 Å². The van der Waals surface area contributed by atoms with Gasteiger partial charge in [-0.25, -0.2) is 10.2 Å². The van der Waals surface area contributed by atoms with Gasteiger partial charge in [-0.05, 0) is 66.2 Å². The number of hydrogen-bond donors (Lipinski definition) is 1. The molecule has 36 heavy (non-hydrogen) atoms. The molecule has 4 rings (SSSR count). The van der Waals surface area contributed by atoms with E-state index in [-0.39, 0.29) is 10.8 Å². The Labute approximate surface area is 222 Å². The summed E-state index contributed by atoms with van der Waals surface area (Å²) in [6.45, 7) is 1.56. The summed E-state index contributed by atoms with van der Waals surface area (Å²) < 4.78 is 11.3. The highest BCUT2D eigenvalue weighted by Gasteiger charge is 2.17. The number of fused-ring (bicyclic) bond motifs is 1. The fourth-order valence-corrected chi connectivity index (χ4v) is 3.89. The maximum atomic E-state index is 12.7. The molecule has 0 spiro atoms. The zero-order chi connectivity index (χ0) is 25.7. The summed E-state index contributed by atoms with van der Waals surface area (Å²) >= 11 is 17.9. The average Bonchev–Trinajstić information content (AvgIpc) is 2.87. The van der Waals surface area contributed by atoms with Crippen LogP contribution in [0.15, 0.2) is 84.0 Å². The third-order valence-electron chi connectivity index (χ3n) is 5.15. The van der Waals surface area contributed by atoms with Crippen LogP contribution in [-0.4, -0.2) is 24.2 Å². The van der Waals surface area contributed by atoms with Gasteiger partial charge >= 0.3 is 5.97 Å². The minimum Gasteiger partial charge on any atom is -0.479 e. The Hall–Kier alpha value is -3.58. The molecule has 0 saturated carbocycles. The number of rotatable bonds is 7. The Morgan fingerprint density at radius 3 is 2.33 bits per heavy atom. The molecule has 0 aromatic heterocycles. The van der Waals surface area contributed by atoms with Crippen LogP contribution in [-0.2, 0) is 4.79 Å². The number of carbonyl (C=O) groups is 2. The third-order valence-corrected chi connectivity index (χ3v) is 5.93. The van der Waals surface area contributed by atoms with Crippen molar-refractivity contribution >= 4 is 63.7 Å². The third kappa shape index (κ3) is 6.15. The predicted octanol–water partition coefficient (Wildman–Crippen LogP) is 6.94. The first-order valence-electron chi connectivity index (χ1n) is 10.8. The van der Waals surface area contributed by atoms with Crippen molar-refractivity contribution in [1.29, 1.82) is 0 Å². The summed E-state index contributed by atoms with van der Waals surface area (Å²) in [5, 5.41) is 7.02. The Morgan fingerprint density at radius 1 is 0.889 bits per heavy atom. The molecule has 0 bridgehead atoms. The highest BCUT2D eigenvalue weighted by Crippen LogP contribution is 2.29. The molecule has 1 atom stereocenters. The van der Waals surface area contributed by atoms with Crippen molar-refractivity contribution in [2.75, 3.05) is 0 Å². The number of hydrazone groups is 1. The van der Waals surface area contributed by atoms with E-state index in [1.807, 2.05) is 30.3 Å². The molecular formula is C27H19Cl3N2O4. The number of hydrogen-bond acceptors (Lipinski definition) is 5. The Morgan fingerprint density at radius 2 is 1.58 bits per heavy atom. The Balaban J connectivity index is 1.53. The largest absolute Gasteiger partial charge is 0.479 e. The zero-order valence-electron chi connectivity index (χ0n) is 18.9. The van der Waals surface area contributed by atoms with Gasteiger partial charge in [-0.2, -0.15) is 5.10 Å². The molecule has 0 fully saturated rings. The molecular weight excluding hydrogens is 523 g/mol. The lowest BCUT2D eigenvalue weighted by atomic mass is 10.0. The molecule has 0 radical (unpaired) electrons. The molecule has 4 aromatic rings. The van der Waals surface area contributed by atoms with Crippen LogP contribution in [0.4, 0.5) is 0 Å². The summed E-state index contributed by atoms with van der Waals surface area (Å²) in [6, 6.07) is 22.1. The Bertz CT molecular complexity index is 1460. The lowest BCUT2D eigenvalue weighted by Gasteiger charge is -2.14. The quantitative estimate of drug-likeness (QED) is 0.119. The second-order valence-corrected chi connectivity index (χ2v) is 8.94. The van der Waals surface area contributed by atoms with Gasteiger partial charge in [0, 0.05) is 15.6 Å². The van der Waals surface area contributed by atoms with Gasteiger partial charge < -0.3 is 9.47 Å². The standard InChI is InChI=1S/C27H19Cl3N2O4/c1-16(35-25-13-11-20(29)14-23(25)30)26(33)32-31-15-22-21-5-3-2-4-17(21)8-12-24(22)36-27(34)18-6-9-19(28)10-7-18/h2-16H,1H3,(H,32,33)/b31-15+. The smallest absolute Gasteiger partial charge is 0.343 e. The highest BCUT2D eigenvalue weighted by molar-refractivity contribution is 6.35. The van der Waals surface area contributed by atoms with Gasteiger partial charge in [-0.3, -0.25) is 4.79 Å². The molecule has 0 aliphatic rings. The minimum absolute atomic E-state index is 0.281. The van der Waals surface area contributed by atoms with Crippen LogP contribution in [0.2, 0.25) is 15.1 Å². The van der Waals surface area contributed by atoms with Crippen LogP contribution in [0.25, 0.3) is 10.8 Å². The first-order chi connectivity index (χ1) is 17.3. The number of nitrogens with zero attached hydrogens (tertiary/aromatic N) is 1. The second-order valence-electron chi connectivity index (χ2n) is 7.66. The van der Waals surface area contributed by atoms with Crippen LogP contribution in [0.1, 0.15) is 22.8 Å². The molecule has 9 heteroatoms. The van der Waals surface area contributed by atoms with Gasteiger partial charge in [0.1, 0.15) is 11.5 Å². The second kappa shape index (κ2) is 11.4. The van der Waals surface area contributed by atoms with E-state index >= 15 is 0 Å². The summed E-state index contributed by atoms with van der Waals surface area (Å²) in [6.07, 6.45) is 0.530. The number of halogens is 3. The van der Waals surface area contributed by atoms with E-state index in [4.69, 9.17) is 44.3 Å². The van der Waals surface area contributed by atoms with Crippen LogP contribution in [0.5, 0.6) is 11.5 Å². The molecule has 4 aromatic carbocycles. The van der Waals surface area contributed by atoms with Gasteiger partial charge in [0.15, 0.2) is 6.10 Å². The normalized spacial score (nSPS) is 11.9. The lowest BCUT2D eigenvalue weighted by molar-refractivity contribution is -0.127. The molecule has 6 nitrogen and oxygen atoms in total. The summed E-state index contributed by atoms with van der Waals surface area (Å²) in [5.41, 5.74) is 3.31. The SMILES string of the molecule is CC(Oc1ccc(Cl)cc1Cl)C(=O)N/N=C/c1c(OC(=O)c2ccc(Cl)cc2)ccc2ccccc12. The predicted molar refractivity (Wildman–Crippen MR) is 143 cm³/mol. The maximum Gasteiger partial charge on any atom is 0.343 e. The molecule has 1 amide bonds. The molecule has 0 heterocycles. The van der Waals surface area contributed by atoms with Crippen molar-refractivity contribution in [2.24, 2.45) is 5.10 Å². The molecule has 1 N–H and O–H groups in total.